The van der Waals surface area contributed by atoms with Crippen LogP contribution in [0.1, 0.15) is 19.3 Å². The molecule has 0 spiro atoms. The van der Waals surface area contributed by atoms with Crippen LogP contribution in [0.15, 0.2) is 0 Å². The molecule has 0 aliphatic carbocycles. The Bertz CT molecular complexity index is 136. The van der Waals surface area contributed by atoms with Crippen LogP contribution in [-0.2, 0) is 0 Å². The van der Waals surface area contributed by atoms with Gasteiger partial charge in [-0.2, -0.15) is 0 Å². The molecule has 3 nitrogen and oxygen atoms in total. The molecule has 0 aromatic carbocycles. The molecule has 0 aromatic heterocycles. The van der Waals surface area contributed by atoms with E-state index in [0.29, 0.717) is 0 Å². The number of rotatable bonds is 5. The Kier molecular flexibility index (Phi) is 4.70. The molecule has 1 aliphatic heterocycles. The van der Waals surface area contributed by atoms with Crippen molar-refractivity contribution in [1.29, 1.82) is 0 Å². The third-order valence-electron chi connectivity index (χ3n) is 2.91. The molecule has 3 heteroatoms. The van der Waals surface area contributed by atoms with E-state index in [1.54, 1.807) is 0 Å². The lowest BCUT2D eigenvalue weighted by Crippen LogP contribution is -2.31. The van der Waals surface area contributed by atoms with E-state index in [9.17, 15) is 0 Å². The molecule has 1 atom stereocenters. The van der Waals surface area contributed by atoms with Gasteiger partial charge in [0.1, 0.15) is 0 Å². The van der Waals surface area contributed by atoms with Gasteiger partial charge in [-0.25, -0.2) is 0 Å². The highest BCUT2D eigenvalue weighted by Crippen LogP contribution is 2.13. The summed E-state index contributed by atoms with van der Waals surface area (Å²) in [5.74, 6) is 0. The number of likely N-dealkylation sites (N-methyl/N-ethyl adjacent to an activating group) is 1. The van der Waals surface area contributed by atoms with Crippen molar-refractivity contribution in [2.75, 3.05) is 40.3 Å². The third-order valence-corrected chi connectivity index (χ3v) is 2.91. The summed E-state index contributed by atoms with van der Waals surface area (Å²) in [5.41, 5.74) is 5.46. The molecule has 0 bridgehead atoms. The third kappa shape index (κ3) is 3.63. The first-order valence-electron chi connectivity index (χ1n) is 5.33. The van der Waals surface area contributed by atoms with E-state index < -0.39 is 0 Å². The van der Waals surface area contributed by atoms with Gasteiger partial charge in [0.25, 0.3) is 0 Å². The zero-order chi connectivity index (χ0) is 9.68. The Labute approximate surface area is 81.9 Å². The number of hydrogen-bond donors (Lipinski definition) is 1. The Balaban J connectivity index is 2.10. The molecule has 1 unspecified atom stereocenters. The van der Waals surface area contributed by atoms with Gasteiger partial charge in [-0.3, -0.25) is 0 Å². The maximum absolute atomic E-state index is 5.46. The first-order valence-corrected chi connectivity index (χ1v) is 5.33. The van der Waals surface area contributed by atoms with Crippen LogP contribution in [0.4, 0.5) is 0 Å². The van der Waals surface area contributed by atoms with E-state index in [1.165, 1.54) is 38.9 Å². The van der Waals surface area contributed by atoms with Crippen LogP contribution < -0.4 is 5.73 Å². The molecule has 0 aromatic rings. The smallest absolute Gasteiger partial charge is 0.0229 e. The Hall–Kier alpha value is -0.120. The normalized spacial score (nSPS) is 24.5. The van der Waals surface area contributed by atoms with Crippen LogP contribution >= 0.6 is 0 Å². The van der Waals surface area contributed by atoms with Gasteiger partial charge in [-0.05, 0) is 53.0 Å². The van der Waals surface area contributed by atoms with Crippen LogP contribution in [0, 0.1) is 0 Å². The second-order valence-electron chi connectivity index (χ2n) is 4.20. The molecule has 1 heterocycles. The van der Waals surface area contributed by atoms with Crippen molar-refractivity contribution in [2.45, 2.75) is 25.3 Å². The minimum absolute atomic E-state index is 0.776. The highest BCUT2D eigenvalue weighted by molar-refractivity contribution is 4.80. The van der Waals surface area contributed by atoms with Crippen molar-refractivity contribution in [2.24, 2.45) is 5.73 Å². The monoisotopic (exact) mass is 185 g/mol. The number of nitrogens with zero attached hydrogens (tertiary/aromatic N) is 2. The van der Waals surface area contributed by atoms with Crippen molar-refractivity contribution in [3.05, 3.63) is 0 Å². The van der Waals surface area contributed by atoms with Gasteiger partial charge in [-0.15, -0.1) is 0 Å². The number of hydrogen-bond acceptors (Lipinski definition) is 3. The van der Waals surface area contributed by atoms with Gasteiger partial charge in [0.05, 0.1) is 0 Å². The fraction of sp³-hybridized carbons (Fsp3) is 1.00. The molecule has 1 saturated heterocycles. The maximum atomic E-state index is 5.46. The quantitative estimate of drug-likeness (QED) is 0.628. The number of likely N-dealkylation sites (tertiary alicyclic amines) is 1. The average molecular weight is 185 g/mol. The molecule has 0 saturated carbocycles. The van der Waals surface area contributed by atoms with Crippen LogP contribution in [0.2, 0.25) is 0 Å². The molecule has 0 radical (unpaired) electrons. The molecular formula is C10H23N3. The summed E-state index contributed by atoms with van der Waals surface area (Å²) >= 11 is 0. The maximum Gasteiger partial charge on any atom is 0.0229 e. The zero-order valence-electron chi connectivity index (χ0n) is 9.00. The largest absolute Gasteiger partial charge is 0.330 e. The van der Waals surface area contributed by atoms with Crippen molar-refractivity contribution >= 4 is 0 Å². The summed E-state index contributed by atoms with van der Waals surface area (Å²) in [6, 6.07) is 0.776. The highest BCUT2D eigenvalue weighted by Gasteiger charge is 2.22. The zero-order valence-corrected chi connectivity index (χ0v) is 9.00. The van der Waals surface area contributed by atoms with Crippen LogP contribution in [0.3, 0.4) is 0 Å². The lowest BCUT2D eigenvalue weighted by Gasteiger charge is -2.20. The summed E-state index contributed by atoms with van der Waals surface area (Å²) in [6.07, 6.45) is 3.76. The minimum Gasteiger partial charge on any atom is -0.330 e. The molecule has 2 N–H and O–H groups in total. The van der Waals surface area contributed by atoms with Gasteiger partial charge in [-0.1, -0.05) is 0 Å². The van der Waals surface area contributed by atoms with Gasteiger partial charge < -0.3 is 15.5 Å². The van der Waals surface area contributed by atoms with E-state index >= 15 is 0 Å². The minimum atomic E-state index is 0.776. The predicted octanol–water partition coefficient (Wildman–Crippen LogP) is 0.361. The van der Waals surface area contributed by atoms with Crippen LogP contribution in [0.25, 0.3) is 0 Å². The first-order chi connectivity index (χ1) is 6.24. The molecular weight excluding hydrogens is 162 g/mol. The summed E-state index contributed by atoms with van der Waals surface area (Å²) < 4.78 is 0. The van der Waals surface area contributed by atoms with E-state index in [4.69, 9.17) is 5.73 Å². The summed E-state index contributed by atoms with van der Waals surface area (Å²) in [4.78, 5) is 4.89. The molecule has 78 valence electrons. The Morgan fingerprint density at radius 3 is 2.69 bits per heavy atom. The average Bonchev–Trinajstić information content (AvgIpc) is 2.53. The first kappa shape index (κ1) is 11.0. The molecule has 1 aliphatic rings. The van der Waals surface area contributed by atoms with E-state index in [1.807, 2.05) is 0 Å². The van der Waals surface area contributed by atoms with E-state index in [2.05, 4.69) is 23.9 Å². The molecule has 0 amide bonds. The standard InChI is InChI=1S/C10H23N3/c1-12(2)10-5-8-13(9-10)7-4-3-6-11/h10H,3-9,11H2,1-2H3. The summed E-state index contributed by atoms with van der Waals surface area (Å²) in [6.45, 7) is 4.59. The lowest BCUT2D eigenvalue weighted by atomic mass is 10.2. The molecule has 13 heavy (non-hydrogen) atoms. The molecule has 1 fully saturated rings. The van der Waals surface area contributed by atoms with E-state index in [0.717, 1.165) is 12.6 Å². The molecule has 1 rings (SSSR count). The summed E-state index contributed by atoms with van der Waals surface area (Å²) in [7, 11) is 4.35. The van der Waals surface area contributed by atoms with Crippen molar-refractivity contribution in [3.63, 3.8) is 0 Å². The van der Waals surface area contributed by atoms with Crippen molar-refractivity contribution < 1.29 is 0 Å². The van der Waals surface area contributed by atoms with Crippen LogP contribution in [0.5, 0.6) is 0 Å². The van der Waals surface area contributed by atoms with Crippen LogP contribution in [-0.4, -0.2) is 56.1 Å². The van der Waals surface area contributed by atoms with E-state index in [-0.39, 0.29) is 0 Å². The van der Waals surface area contributed by atoms with Gasteiger partial charge in [0.15, 0.2) is 0 Å². The fourth-order valence-electron chi connectivity index (χ4n) is 1.92. The van der Waals surface area contributed by atoms with Crippen molar-refractivity contribution in [3.8, 4) is 0 Å². The van der Waals surface area contributed by atoms with Crippen molar-refractivity contribution in [1.82, 2.24) is 9.80 Å². The SMILES string of the molecule is CN(C)C1CCN(CCCCN)C1. The Morgan fingerprint density at radius 1 is 1.38 bits per heavy atom. The van der Waals surface area contributed by atoms with Gasteiger partial charge in [0, 0.05) is 12.6 Å². The second kappa shape index (κ2) is 5.58. The number of nitrogens with two attached hydrogens (primary N) is 1. The van der Waals surface area contributed by atoms with Gasteiger partial charge >= 0.3 is 0 Å². The number of unbranched alkanes of at least 4 members (excludes halogenated alkanes) is 1. The van der Waals surface area contributed by atoms with Gasteiger partial charge in [0.2, 0.25) is 0 Å². The topological polar surface area (TPSA) is 32.5 Å². The predicted molar refractivity (Wildman–Crippen MR) is 56.8 cm³/mol. The fourth-order valence-corrected chi connectivity index (χ4v) is 1.92. The second-order valence-corrected chi connectivity index (χ2v) is 4.20. The Morgan fingerprint density at radius 2 is 2.15 bits per heavy atom. The summed E-state index contributed by atoms with van der Waals surface area (Å²) in [5, 5.41) is 0. The highest BCUT2D eigenvalue weighted by atomic mass is 15.2. The lowest BCUT2D eigenvalue weighted by molar-refractivity contribution is 0.266.